The summed E-state index contributed by atoms with van der Waals surface area (Å²) in [6.45, 7) is 3.48. The second-order valence-electron chi connectivity index (χ2n) is 9.57. The van der Waals surface area contributed by atoms with Gasteiger partial charge in [-0.25, -0.2) is 15.0 Å². The minimum absolute atomic E-state index is 0.180. The third-order valence-electron chi connectivity index (χ3n) is 6.48. The van der Waals surface area contributed by atoms with Gasteiger partial charge < -0.3 is 29.6 Å². The molecule has 0 unspecified atom stereocenters. The van der Waals surface area contributed by atoms with E-state index in [1.54, 1.807) is 62.4 Å². The van der Waals surface area contributed by atoms with Crippen molar-refractivity contribution in [3.05, 3.63) is 98.7 Å². The van der Waals surface area contributed by atoms with Crippen LogP contribution in [0.25, 0.3) is 0 Å². The Morgan fingerprint density at radius 2 is 1.82 bits per heavy atom. The molecule has 0 bridgehead atoms. The van der Waals surface area contributed by atoms with Crippen LogP contribution in [0.5, 0.6) is 17.2 Å². The van der Waals surface area contributed by atoms with Crippen LogP contribution in [-0.2, 0) is 20.9 Å². The first-order chi connectivity index (χ1) is 21.7. The summed E-state index contributed by atoms with van der Waals surface area (Å²) in [7, 11) is 1.44. The Hall–Kier alpha value is -5.35. The Kier molecular flexibility index (Phi) is 11.1. The van der Waals surface area contributed by atoms with Crippen LogP contribution >= 0.6 is 15.9 Å². The van der Waals surface area contributed by atoms with E-state index in [0.717, 1.165) is 5.56 Å². The maximum Gasteiger partial charge on any atom is 0.338 e. The summed E-state index contributed by atoms with van der Waals surface area (Å²) in [6, 6.07) is 18.2. The van der Waals surface area contributed by atoms with Gasteiger partial charge in [0.05, 0.1) is 47.7 Å². The summed E-state index contributed by atoms with van der Waals surface area (Å²) in [5.41, 5.74) is 5.84. The van der Waals surface area contributed by atoms with Crippen LogP contribution in [0.2, 0.25) is 0 Å². The van der Waals surface area contributed by atoms with Crippen LogP contribution in [0, 0.1) is 11.3 Å². The molecule has 3 amide bonds. The number of nitrogens with one attached hydrogen (secondary N) is 3. The predicted octanol–water partition coefficient (Wildman–Crippen LogP) is 4.63. The number of nitriles is 1. The Morgan fingerprint density at radius 1 is 1.07 bits per heavy atom. The number of carbonyl (C=O) groups is 3. The quantitative estimate of drug-likeness (QED) is 0.142. The van der Waals surface area contributed by atoms with Gasteiger partial charge in [-0.2, -0.15) is 10.4 Å². The smallest absolute Gasteiger partial charge is 0.338 e. The third-order valence-corrected chi connectivity index (χ3v) is 7.10. The second kappa shape index (κ2) is 15.4. The number of rotatable bonds is 12. The van der Waals surface area contributed by atoms with Crippen LogP contribution < -0.4 is 30.3 Å². The molecule has 1 atom stereocenters. The highest BCUT2D eigenvalue weighted by molar-refractivity contribution is 9.10. The van der Waals surface area contributed by atoms with Gasteiger partial charge in [-0.05, 0) is 88.9 Å². The van der Waals surface area contributed by atoms with E-state index in [2.05, 4.69) is 43.2 Å². The predicted molar refractivity (Wildman–Crippen MR) is 168 cm³/mol. The van der Waals surface area contributed by atoms with Gasteiger partial charge in [-0.1, -0.05) is 18.2 Å². The second-order valence-corrected chi connectivity index (χ2v) is 10.4. The lowest BCUT2D eigenvalue weighted by Gasteiger charge is -2.28. The lowest BCUT2D eigenvalue weighted by Crippen LogP contribution is -2.45. The molecular formula is C32H30BrN5O7. The molecule has 0 spiro atoms. The number of nitrogens with zero attached hydrogens (tertiary/aromatic N) is 2. The lowest BCUT2D eigenvalue weighted by molar-refractivity contribution is -0.139. The molecule has 3 aromatic rings. The fraction of sp³-hybridized carbons (Fsp3) is 0.219. The molecule has 3 aromatic carbocycles. The van der Waals surface area contributed by atoms with Crippen molar-refractivity contribution in [3.63, 3.8) is 0 Å². The highest BCUT2D eigenvalue weighted by Crippen LogP contribution is 2.34. The molecule has 1 aliphatic rings. The fourth-order valence-corrected chi connectivity index (χ4v) is 4.82. The molecule has 13 heteroatoms. The normalized spacial score (nSPS) is 14.2. The third kappa shape index (κ3) is 8.61. The summed E-state index contributed by atoms with van der Waals surface area (Å²) in [5.74, 6) is 0.135. The van der Waals surface area contributed by atoms with E-state index < -0.39 is 23.9 Å². The van der Waals surface area contributed by atoms with Crippen molar-refractivity contribution in [1.29, 1.82) is 5.26 Å². The molecule has 12 nitrogen and oxygen atoms in total. The molecular weight excluding hydrogens is 646 g/mol. The number of allylic oxidation sites excluding steroid dienone is 1. The monoisotopic (exact) mass is 675 g/mol. The number of hydrogen-bond donors (Lipinski definition) is 3. The van der Waals surface area contributed by atoms with Crippen molar-refractivity contribution < 1.29 is 33.3 Å². The summed E-state index contributed by atoms with van der Waals surface area (Å²) in [5, 5.41) is 18.2. The zero-order valence-electron chi connectivity index (χ0n) is 24.7. The number of methoxy groups -OCH3 is 1. The standard InChI is InChI=1S/C32H30BrN5O7/c1-4-43-31(40)29-19(2)36-32(41)37-30(29)23-10-12-26(27(14-23)42-3)45-18-28(39)38-35-16-22-9-11-25(24(33)13-22)44-17-21-7-5-20(15-34)6-8-21/h5-14,16,30H,4,17-18H2,1-3H3,(H,38,39)(H2,36,37,41)/b35-16+/t30-/m1/s1. The minimum Gasteiger partial charge on any atom is -0.493 e. The summed E-state index contributed by atoms with van der Waals surface area (Å²) >= 11 is 3.48. The molecule has 1 aliphatic heterocycles. The van der Waals surface area contributed by atoms with Crippen LogP contribution in [0.3, 0.4) is 0 Å². The zero-order chi connectivity index (χ0) is 32.3. The molecule has 4 rings (SSSR count). The van der Waals surface area contributed by atoms with Crippen LogP contribution in [0.15, 0.2) is 81.5 Å². The van der Waals surface area contributed by atoms with E-state index in [0.29, 0.717) is 45.0 Å². The van der Waals surface area contributed by atoms with Crippen LogP contribution in [-0.4, -0.2) is 44.4 Å². The minimum atomic E-state index is -0.776. The van der Waals surface area contributed by atoms with E-state index in [-0.39, 0.29) is 24.5 Å². The number of amides is 3. The SMILES string of the molecule is CCOC(=O)C1=C(C)NC(=O)N[C@@H]1c1ccc(OCC(=O)N/N=C/c2ccc(OCc3ccc(C#N)cc3)c(Br)c2)c(OC)c1. The summed E-state index contributed by atoms with van der Waals surface area (Å²) < 4.78 is 22.8. The van der Waals surface area contributed by atoms with E-state index in [1.807, 2.05) is 12.1 Å². The summed E-state index contributed by atoms with van der Waals surface area (Å²) in [6.07, 6.45) is 1.48. The van der Waals surface area contributed by atoms with Gasteiger partial charge in [0.1, 0.15) is 12.4 Å². The van der Waals surface area contributed by atoms with Gasteiger partial charge in [-0.15, -0.1) is 0 Å². The number of hydrogen-bond acceptors (Lipinski definition) is 9. The van der Waals surface area contributed by atoms with Crippen LogP contribution in [0.1, 0.15) is 42.1 Å². The van der Waals surface area contributed by atoms with E-state index in [9.17, 15) is 14.4 Å². The summed E-state index contributed by atoms with van der Waals surface area (Å²) in [4.78, 5) is 37.2. The number of hydrazone groups is 1. The van der Waals surface area contributed by atoms with Gasteiger partial charge in [-0.3, -0.25) is 4.79 Å². The van der Waals surface area contributed by atoms with E-state index in [1.165, 1.54) is 13.3 Å². The first-order valence-electron chi connectivity index (χ1n) is 13.7. The van der Waals surface area contributed by atoms with Crippen molar-refractivity contribution >= 4 is 40.1 Å². The molecule has 0 aliphatic carbocycles. The van der Waals surface area contributed by atoms with Crippen molar-refractivity contribution in [3.8, 4) is 23.3 Å². The molecule has 0 saturated heterocycles. The molecule has 45 heavy (non-hydrogen) atoms. The van der Waals surface area contributed by atoms with E-state index >= 15 is 0 Å². The van der Waals surface area contributed by atoms with Crippen molar-refractivity contribution in [2.45, 2.75) is 26.5 Å². The Balaban J connectivity index is 1.32. The number of halogens is 1. The molecule has 0 aromatic heterocycles. The highest BCUT2D eigenvalue weighted by atomic mass is 79.9. The average Bonchev–Trinajstić information content (AvgIpc) is 3.03. The van der Waals surface area contributed by atoms with E-state index in [4.69, 9.17) is 24.2 Å². The molecule has 1 heterocycles. The lowest BCUT2D eigenvalue weighted by atomic mass is 9.95. The Morgan fingerprint density at radius 3 is 2.51 bits per heavy atom. The molecule has 0 saturated carbocycles. The molecule has 0 radical (unpaired) electrons. The van der Waals surface area contributed by atoms with Crippen molar-refractivity contribution in [2.24, 2.45) is 5.10 Å². The number of carbonyl (C=O) groups excluding carboxylic acids is 3. The molecule has 0 fully saturated rings. The zero-order valence-corrected chi connectivity index (χ0v) is 26.3. The highest BCUT2D eigenvalue weighted by Gasteiger charge is 2.32. The van der Waals surface area contributed by atoms with Crippen molar-refractivity contribution in [2.75, 3.05) is 20.3 Å². The number of esters is 1. The maximum atomic E-state index is 12.6. The topological polar surface area (TPSA) is 160 Å². The largest absolute Gasteiger partial charge is 0.493 e. The van der Waals surface area contributed by atoms with Crippen molar-refractivity contribution in [1.82, 2.24) is 16.1 Å². The van der Waals surface area contributed by atoms with Gasteiger partial charge in [0.2, 0.25) is 0 Å². The fourth-order valence-electron chi connectivity index (χ4n) is 4.31. The maximum absolute atomic E-state index is 12.6. The first-order valence-corrected chi connectivity index (χ1v) is 14.5. The van der Waals surface area contributed by atoms with Gasteiger partial charge >= 0.3 is 12.0 Å². The molecule has 3 N–H and O–H groups in total. The van der Waals surface area contributed by atoms with Gasteiger partial charge in [0, 0.05) is 5.70 Å². The Labute approximate surface area is 268 Å². The van der Waals surface area contributed by atoms with Gasteiger partial charge in [0.15, 0.2) is 18.1 Å². The number of ether oxygens (including phenoxy) is 4. The number of urea groups is 1. The van der Waals surface area contributed by atoms with Crippen LogP contribution in [0.4, 0.5) is 4.79 Å². The average molecular weight is 677 g/mol. The molecule has 232 valence electrons. The van der Waals surface area contributed by atoms with Gasteiger partial charge in [0.25, 0.3) is 5.91 Å². The Bertz CT molecular complexity index is 1680. The number of benzene rings is 3. The first kappa shape index (κ1) is 32.6.